The second-order valence-corrected chi connectivity index (χ2v) is 3.47. The smallest absolute Gasteiger partial charge is 0.243 e. The van der Waals surface area contributed by atoms with Crippen LogP contribution in [0.15, 0.2) is 0 Å². The molecule has 0 radical (unpaired) electrons. The molecule has 1 aliphatic rings. The summed E-state index contributed by atoms with van der Waals surface area (Å²) in [7, 11) is 1.43. The van der Waals surface area contributed by atoms with E-state index in [1.165, 1.54) is 12.0 Å². The molecule has 0 aliphatic carbocycles. The van der Waals surface area contributed by atoms with Crippen LogP contribution in [0.4, 0.5) is 0 Å². The topological polar surface area (TPSA) is 75.7 Å². The van der Waals surface area contributed by atoms with Gasteiger partial charge in [0.15, 0.2) is 5.78 Å². The van der Waals surface area contributed by atoms with Crippen molar-refractivity contribution < 1.29 is 19.1 Å². The van der Waals surface area contributed by atoms with E-state index < -0.39 is 6.04 Å². The number of carbonyl (C=O) groups excluding carboxylic acids is 3. The van der Waals surface area contributed by atoms with E-state index in [2.05, 4.69) is 10.1 Å². The van der Waals surface area contributed by atoms with Gasteiger partial charge in [0, 0.05) is 7.11 Å². The fraction of sp³-hybridized carbons (Fsp3) is 0.667. The lowest BCUT2D eigenvalue weighted by molar-refractivity contribution is -0.140. The summed E-state index contributed by atoms with van der Waals surface area (Å²) in [5.41, 5.74) is 0. The summed E-state index contributed by atoms with van der Waals surface area (Å²) in [6.45, 7) is 1.79. The Balaban J connectivity index is 2.55. The summed E-state index contributed by atoms with van der Waals surface area (Å²) in [5.74, 6) is -0.883. The van der Waals surface area contributed by atoms with E-state index in [0.717, 1.165) is 0 Å². The van der Waals surface area contributed by atoms with Crippen LogP contribution < -0.4 is 5.32 Å². The van der Waals surface area contributed by atoms with Crippen LogP contribution in [-0.2, 0) is 19.1 Å². The van der Waals surface area contributed by atoms with E-state index in [4.69, 9.17) is 0 Å². The van der Waals surface area contributed by atoms with Gasteiger partial charge in [-0.25, -0.2) is 0 Å². The normalized spacial score (nSPS) is 22.7. The highest BCUT2D eigenvalue weighted by atomic mass is 16.5. The summed E-state index contributed by atoms with van der Waals surface area (Å²) >= 11 is 0. The summed E-state index contributed by atoms with van der Waals surface area (Å²) < 4.78 is 4.67. The molecule has 1 atom stereocenters. The number of rotatable bonds is 4. The molecular weight excluding hydrogens is 200 g/mol. The van der Waals surface area contributed by atoms with Gasteiger partial charge in [0.2, 0.25) is 11.8 Å². The fourth-order valence-corrected chi connectivity index (χ4v) is 1.39. The number of hydrogen-bond donors (Lipinski definition) is 1. The molecule has 1 saturated heterocycles. The van der Waals surface area contributed by atoms with Crippen molar-refractivity contribution in [2.45, 2.75) is 13.0 Å². The van der Waals surface area contributed by atoms with Crippen molar-refractivity contribution >= 4 is 17.6 Å². The van der Waals surface area contributed by atoms with Gasteiger partial charge >= 0.3 is 0 Å². The van der Waals surface area contributed by atoms with Crippen LogP contribution in [0.2, 0.25) is 0 Å². The highest BCUT2D eigenvalue weighted by molar-refractivity contribution is 6.01. The molecule has 1 rings (SSSR count). The van der Waals surface area contributed by atoms with E-state index in [-0.39, 0.29) is 37.3 Å². The summed E-state index contributed by atoms with van der Waals surface area (Å²) in [4.78, 5) is 35.1. The van der Waals surface area contributed by atoms with Crippen molar-refractivity contribution in [2.75, 3.05) is 26.8 Å². The molecule has 1 heterocycles. The van der Waals surface area contributed by atoms with Crippen LogP contribution >= 0.6 is 0 Å². The first-order valence-corrected chi connectivity index (χ1v) is 4.63. The predicted molar refractivity (Wildman–Crippen MR) is 51.1 cm³/mol. The van der Waals surface area contributed by atoms with Crippen LogP contribution in [0.5, 0.6) is 0 Å². The number of ether oxygens (including phenoxy) is 1. The molecule has 1 N–H and O–H groups in total. The van der Waals surface area contributed by atoms with Crippen molar-refractivity contribution in [3.05, 3.63) is 0 Å². The van der Waals surface area contributed by atoms with Gasteiger partial charge in [-0.15, -0.1) is 0 Å². The monoisotopic (exact) mass is 214 g/mol. The number of Topliss-reactive ketones (excluding diaryl/α,β-unsaturated/α-hetero) is 1. The first kappa shape index (κ1) is 11.8. The SMILES string of the molecule is COCC(=O)CN1CC(=O)NC(=O)C1C. The maximum atomic E-state index is 11.3. The van der Waals surface area contributed by atoms with Crippen LogP contribution in [0, 0.1) is 0 Å². The van der Waals surface area contributed by atoms with Crippen molar-refractivity contribution in [3.8, 4) is 0 Å². The lowest BCUT2D eigenvalue weighted by atomic mass is 10.2. The third-order valence-corrected chi connectivity index (χ3v) is 2.22. The molecular formula is C9H14N2O4. The Morgan fingerprint density at radius 3 is 2.87 bits per heavy atom. The standard InChI is InChI=1S/C9H14N2O4/c1-6-9(14)10-8(13)4-11(6)3-7(12)5-15-2/h6H,3-5H2,1-2H3,(H,10,13,14). The van der Waals surface area contributed by atoms with Crippen LogP contribution in [0.1, 0.15) is 6.92 Å². The molecule has 6 heteroatoms. The number of hydrogen-bond acceptors (Lipinski definition) is 5. The van der Waals surface area contributed by atoms with Crippen LogP contribution in [0.3, 0.4) is 0 Å². The Morgan fingerprint density at radius 2 is 2.27 bits per heavy atom. The summed E-state index contributed by atoms with van der Waals surface area (Å²) in [5, 5.41) is 2.20. The summed E-state index contributed by atoms with van der Waals surface area (Å²) in [6.07, 6.45) is 0. The highest BCUT2D eigenvalue weighted by Gasteiger charge is 2.30. The van der Waals surface area contributed by atoms with Gasteiger partial charge in [-0.2, -0.15) is 0 Å². The predicted octanol–water partition coefficient (Wildman–Crippen LogP) is -1.45. The second-order valence-electron chi connectivity index (χ2n) is 3.47. The minimum Gasteiger partial charge on any atom is -0.377 e. The molecule has 1 fully saturated rings. The molecule has 0 aromatic heterocycles. The van der Waals surface area contributed by atoms with E-state index in [1.807, 2.05) is 0 Å². The lowest BCUT2D eigenvalue weighted by Gasteiger charge is -2.30. The zero-order chi connectivity index (χ0) is 11.4. The third-order valence-electron chi connectivity index (χ3n) is 2.22. The zero-order valence-electron chi connectivity index (χ0n) is 8.78. The number of methoxy groups -OCH3 is 1. The second kappa shape index (κ2) is 4.99. The fourth-order valence-electron chi connectivity index (χ4n) is 1.39. The summed E-state index contributed by atoms with van der Waals surface area (Å²) in [6, 6.07) is -0.455. The van der Waals surface area contributed by atoms with E-state index in [9.17, 15) is 14.4 Å². The molecule has 0 bridgehead atoms. The van der Waals surface area contributed by atoms with Crippen LogP contribution in [0.25, 0.3) is 0 Å². The molecule has 0 saturated carbocycles. The average Bonchev–Trinajstić information content (AvgIpc) is 2.13. The first-order valence-electron chi connectivity index (χ1n) is 4.63. The first-order chi connectivity index (χ1) is 7.04. The third kappa shape index (κ3) is 3.10. The molecule has 1 unspecified atom stereocenters. The minimum atomic E-state index is -0.455. The van der Waals surface area contributed by atoms with E-state index in [0.29, 0.717) is 0 Å². The maximum Gasteiger partial charge on any atom is 0.243 e. The molecule has 6 nitrogen and oxygen atoms in total. The Bertz CT molecular complexity index is 290. The number of imide groups is 1. The van der Waals surface area contributed by atoms with Gasteiger partial charge in [-0.05, 0) is 6.92 Å². The quantitative estimate of drug-likeness (QED) is 0.579. The molecule has 1 aliphatic heterocycles. The van der Waals surface area contributed by atoms with Crippen molar-refractivity contribution in [1.29, 1.82) is 0 Å². The Morgan fingerprint density at radius 1 is 1.60 bits per heavy atom. The van der Waals surface area contributed by atoms with Gasteiger partial charge in [-0.1, -0.05) is 0 Å². The lowest BCUT2D eigenvalue weighted by Crippen LogP contribution is -2.58. The van der Waals surface area contributed by atoms with E-state index >= 15 is 0 Å². The number of carbonyl (C=O) groups is 3. The highest BCUT2D eigenvalue weighted by Crippen LogP contribution is 2.04. The van der Waals surface area contributed by atoms with Crippen molar-refractivity contribution in [1.82, 2.24) is 10.2 Å². The van der Waals surface area contributed by atoms with Crippen LogP contribution in [-0.4, -0.2) is 55.3 Å². The number of nitrogens with zero attached hydrogens (tertiary/aromatic N) is 1. The van der Waals surface area contributed by atoms with Gasteiger partial charge < -0.3 is 4.74 Å². The Hall–Kier alpha value is -1.27. The molecule has 15 heavy (non-hydrogen) atoms. The van der Waals surface area contributed by atoms with Gasteiger partial charge in [0.25, 0.3) is 0 Å². The molecule has 0 aromatic rings. The molecule has 84 valence electrons. The van der Waals surface area contributed by atoms with Gasteiger partial charge in [0.1, 0.15) is 6.61 Å². The number of ketones is 1. The minimum absolute atomic E-state index is 0.000963. The zero-order valence-corrected chi connectivity index (χ0v) is 8.78. The molecule has 0 spiro atoms. The van der Waals surface area contributed by atoms with E-state index in [1.54, 1.807) is 6.92 Å². The number of piperazine rings is 1. The average molecular weight is 214 g/mol. The van der Waals surface area contributed by atoms with Gasteiger partial charge in [0.05, 0.1) is 19.1 Å². The number of amides is 2. The maximum absolute atomic E-state index is 11.3. The largest absolute Gasteiger partial charge is 0.377 e. The molecule has 0 aromatic carbocycles. The Kier molecular flexibility index (Phi) is 3.93. The van der Waals surface area contributed by atoms with Gasteiger partial charge in [-0.3, -0.25) is 24.6 Å². The number of nitrogens with one attached hydrogen (secondary N) is 1. The van der Waals surface area contributed by atoms with Crippen molar-refractivity contribution in [2.24, 2.45) is 0 Å². The Labute approximate surface area is 87.6 Å². The molecule has 2 amide bonds. The van der Waals surface area contributed by atoms with Crippen molar-refractivity contribution in [3.63, 3.8) is 0 Å².